The molecule has 0 aliphatic rings. The van der Waals surface area contributed by atoms with E-state index in [9.17, 15) is 9.90 Å². The van der Waals surface area contributed by atoms with Crippen molar-refractivity contribution in [2.45, 2.75) is 26.4 Å². The van der Waals surface area contributed by atoms with Crippen molar-refractivity contribution >= 4 is 28.4 Å². The first-order chi connectivity index (χ1) is 12.3. The highest BCUT2D eigenvalue weighted by atomic mass is 16.5. The lowest BCUT2D eigenvalue weighted by Crippen LogP contribution is -2.22. The molecule has 0 amide bonds. The van der Waals surface area contributed by atoms with E-state index in [-0.39, 0.29) is 11.2 Å². The highest BCUT2D eigenvalue weighted by molar-refractivity contribution is 6.23. The van der Waals surface area contributed by atoms with Crippen LogP contribution in [0.25, 0.3) is 22.4 Å². The van der Waals surface area contributed by atoms with Crippen molar-refractivity contribution in [3.05, 3.63) is 77.9 Å². The Hall–Kier alpha value is -3.07. The Balaban J connectivity index is 2.01. The molecule has 0 fully saturated rings. The van der Waals surface area contributed by atoms with E-state index in [1.807, 2.05) is 87.5 Å². The summed E-state index contributed by atoms with van der Waals surface area (Å²) in [4.78, 5) is 11.9. The number of hydrogen-bond donors (Lipinski definition) is 1. The minimum absolute atomic E-state index is 0.270. The van der Waals surface area contributed by atoms with Crippen LogP contribution in [0.1, 0.15) is 31.9 Å². The van der Waals surface area contributed by atoms with E-state index in [2.05, 4.69) is 0 Å². The van der Waals surface area contributed by atoms with Crippen molar-refractivity contribution in [2.75, 3.05) is 0 Å². The fourth-order valence-electron chi connectivity index (χ4n) is 2.87. The third-order valence-corrected chi connectivity index (χ3v) is 3.93. The number of rotatable bonds is 4. The van der Waals surface area contributed by atoms with Gasteiger partial charge in [0.2, 0.25) is 0 Å². The summed E-state index contributed by atoms with van der Waals surface area (Å²) in [6, 6.07) is 21.0. The number of aliphatic carboxylic acids is 1. The molecular formula is C23H22O3. The van der Waals surface area contributed by atoms with E-state index < -0.39 is 5.97 Å². The SMILES string of the molecule is CC(C)(C)Oc1ccc(/C=C(\C(=O)O)c2cccc3ccccc23)cc1. The van der Waals surface area contributed by atoms with Gasteiger partial charge in [0.25, 0.3) is 0 Å². The number of ether oxygens (including phenoxy) is 1. The molecule has 26 heavy (non-hydrogen) atoms. The first-order valence-corrected chi connectivity index (χ1v) is 8.56. The van der Waals surface area contributed by atoms with Gasteiger partial charge in [0.1, 0.15) is 11.4 Å². The van der Waals surface area contributed by atoms with E-state index in [4.69, 9.17) is 4.74 Å². The quantitative estimate of drug-likeness (QED) is 0.491. The van der Waals surface area contributed by atoms with E-state index in [1.165, 1.54) is 0 Å². The van der Waals surface area contributed by atoms with Crippen molar-refractivity contribution in [3.63, 3.8) is 0 Å². The number of carboxylic acid groups (broad SMARTS) is 1. The zero-order chi connectivity index (χ0) is 18.7. The summed E-state index contributed by atoms with van der Waals surface area (Å²) in [5, 5.41) is 11.7. The summed E-state index contributed by atoms with van der Waals surface area (Å²) in [5.41, 5.74) is 1.53. The molecule has 3 nitrogen and oxygen atoms in total. The standard InChI is InChI=1S/C23H22O3/c1-23(2,3)26-18-13-11-16(12-14-18)15-21(22(24)25)20-10-6-8-17-7-4-5-9-19(17)20/h4-15H,1-3H3,(H,24,25)/b21-15-. The van der Waals surface area contributed by atoms with Crippen LogP contribution in [0.2, 0.25) is 0 Å². The molecule has 3 aromatic carbocycles. The Morgan fingerprint density at radius 1 is 0.923 bits per heavy atom. The van der Waals surface area contributed by atoms with Gasteiger partial charge < -0.3 is 9.84 Å². The smallest absolute Gasteiger partial charge is 0.336 e. The third kappa shape index (κ3) is 4.12. The van der Waals surface area contributed by atoms with Gasteiger partial charge in [-0.25, -0.2) is 4.79 Å². The van der Waals surface area contributed by atoms with Gasteiger partial charge in [-0.1, -0.05) is 54.6 Å². The molecule has 3 heteroatoms. The number of benzene rings is 3. The Bertz CT molecular complexity index is 955. The topological polar surface area (TPSA) is 46.5 Å². The number of fused-ring (bicyclic) bond motifs is 1. The van der Waals surface area contributed by atoms with Gasteiger partial charge in [0, 0.05) is 0 Å². The number of carboxylic acids is 1. The molecular weight excluding hydrogens is 324 g/mol. The lowest BCUT2D eigenvalue weighted by atomic mass is 9.96. The van der Waals surface area contributed by atoms with Crippen LogP contribution in [0.3, 0.4) is 0 Å². The van der Waals surface area contributed by atoms with Gasteiger partial charge in [-0.2, -0.15) is 0 Å². The Morgan fingerprint density at radius 2 is 1.58 bits per heavy atom. The molecule has 0 aliphatic heterocycles. The fraction of sp³-hybridized carbons (Fsp3) is 0.174. The van der Waals surface area contributed by atoms with Crippen LogP contribution in [-0.2, 0) is 4.79 Å². The fourth-order valence-corrected chi connectivity index (χ4v) is 2.87. The molecule has 0 spiro atoms. The van der Waals surface area contributed by atoms with Gasteiger partial charge in [-0.3, -0.25) is 0 Å². The van der Waals surface area contributed by atoms with Crippen LogP contribution in [-0.4, -0.2) is 16.7 Å². The van der Waals surface area contributed by atoms with Crippen molar-refractivity contribution in [3.8, 4) is 5.75 Å². The van der Waals surface area contributed by atoms with Crippen LogP contribution in [0.15, 0.2) is 66.7 Å². The Labute approximate surface area is 153 Å². The van der Waals surface area contributed by atoms with Crippen molar-refractivity contribution in [1.29, 1.82) is 0 Å². The normalized spacial score (nSPS) is 12.2. The molecule has 3 rings (SSSR count). The summed E-state index contributed by atoms with van der Waals surface area (Å²) in [7, 11) is 0. The molecule has 0 saturated carbocycles. The molecule has 0 aliphatic carbocycles. The van der Waals surface area contributed by atoms with Crippen molar-refractivity contribution in [2.24, 2.45) is 0 Å². The van der Waals surface area contributed by atoms with Gasteiger partial charge in [0.05, 0.1) is 5.57 Å². The number of hydrogen-bond acceptors (Lipinski definition) is 2. The van der Waals surface area contributed by atoms with Crippen molar-refractivity contribution in [1.82, 2.24) is 0 Å². The summed E-state index contributed by atoms with van der Waals surface area (Å²) in [5.74, 6) is -0.187. The average molecular weight is 346 g/mol. The lowest BCUT2D eigenvalue weighted by Gasteiger charge is -2.21. The summed E-state index contributed by atoms with van der Waals surface area (Å²) in [6.07, 6.45) is 1.70. The van der Waals surface area contributed by atoms with Crippen LogP contribution in [0, 0.1) is 0 Å². The van der Waals surface area contributed by atoms with Crippen LogP contribution < -0.4 is 4.74 Å². The molecule has 3 aromatic rings. The zero-order valence-electron chi connectivity index (χ0n) is 15.2. The molecule has 0 bridgehead atoms. The molecule has 0 atom stereocenters. The molecule has 0 radical (unpaired) electrons. The first-order valence-electron chi connectivity index (χ1n) is 8.56. The molecule has 0 unspecified atom stereocenters. The highest BCUT2D eigenvalue weighted by Gasteiger charge is 2.14. The second-order valence-corrected chi connectivity index (χ2v) is 7.17. The highest BCUT2D eigenvalue weighted by Crippen LogP contribution is 2.28. The average Bonchev–Trinajstić information content (AvgIpc) is 2.59. The van der Waals surface area contributed by atoms with Crippen LogP contribution in [0.4, 0.5) is 0 Å². The largest absolute Gasteiger partial charge is 0.488 e. The first kappa shape index (κ1) is 17.7. The molecule has 132 valence electrons. The maximum absolute atomic E-state index is 11.9. The Kier molecular flexibility index (Phi) is 4.81. The maximum Gasteiger partial charge on any atom is 0.336 e. The number of carbonyl (C=O) groups is 1. The third-order valence-electron chi connectivity index (χ3n) is 3.93. The summed E-state index contributed by atoms with van der Waals surface area (Å²) in [6.45, 7) is 5.97. The van der Waals surface area contributed by atoms with Gasteiger partial charge in [0.15, 0.2) is 0 Å². The van der Waals surface area contributed by atoms with E-state index in [1.54, 1.807) is 6.08 Å². The maximum atomic E-state index is 11.9. The minimum atomic E-state index is -0.948. The minimum Gasteiger partial charge on any atom is -0.488 e. The predicted octanol–water partition coefficient (Wildman–Crippen LogP) is 5.64. The summed E-state index contributed by atoms with van der Waals surface area (Å²) < 4.78 is 5.81. The van der Waals surface area contributed by atoms with E-state index in [0.29, 0.717) is 5.56 Å². The van der Waals surface area contributed by atoms with E-state index in [0.717, 1.165) is 22.1 Å². The van der Waals surface area contributed by atoms with Crippen molar-refractivity contribution < 1.29 is 14.6 Å². The molecule has 1 N–H and O–H groups in total. The lowest BCUT2D eigenvalue weighted by molar-refractivity contribution is -0.130. The van der Waals surface area contributed by atoms with Crippen LogP contribution >= 0.6 is 0 Å². The predicted molar refractivity (Wildman–Crippen MR) is 106 cm³/mol. The van der Waals surface area contributed by atoms with E-state index >= 15 is 0 Å². The van der Waals surface area contributed by atoms with Gasteiger partial charge in [-0.15, -0.1) is 0 Å². The van der Waals surface area contributed by atoms with Gasteiger partial charge in [-0.05, 0) is 60.9 Å². The molecule has 0 aromatic heterocycles. The molecule has 0 heterocycles. The van der Waals surface area contributed by atoms with Crippen LogP contribution in [0.5, 0.6) is 5.75 Å². The summed E-state index contributed by atoms with van der Waals surface area (Å²) >= 11 is 0. The van der Waals surface area contributed by atoms with Gasteiger partial charge >= 0.3 is 5.97 Å². The second-order valence-electron chi connectivity index (χ2n) is 7.17. The Morgan fingerprint density at radius 3 is 2.23 bits per heavy atom. The second kappa shape index (κ2) is 7.04. The zero-order valence-corrected chi connectivity index (χ0v) is 15.2. The monoisotopic (exact) mass is 346 g/mol. The molecule has 0 saturated heterocycles.